The third kappa shape index (κ3) is 7.10. The molecule has 6 N–H and O–H groups in total. The average molecular weight is 430 g/mol. The first-order valence-electron chi connectivity index (χ1n) is 11.0. The lowest BCUT2D eigenvalue weighted by Gasteiger charge is -2.24. The van der Waals surface area contributed by atoms with E-state index in [2.05, 4.69) is 20.9 Å². The van der Waals surface area contributed by atoms with Crippen molar-refractivity contribution in [3.05, 3.63) is 36.0 Å². The lowest BCUT2D eigenvalue weighted by Crippen LogP contribution is -2.51. The minimum absolute atomic E-state index is 0.0243. The monoisotopic (exact) mass is 429 g/mol. The van der Waals surface area contributed by atoms with Crippen molar-refractivity contribution < 1.29 is 14.4 Å². The number of likely N-dealkylation sites (N-methyl/N-ethyl adjacent to an activating group) is 1. The number of amides is 3. The van der Waals surface area contributed by atoms with E-state index in [9.17, 15) is 14.4 Å². The van der Waals surface area contributed by atoms with Crippen molar-refractivity contribution in [2.45, 2.75) is 58.0 Å². The molecule has 0 saturated heterocycles. The molecule has 2 aromatic rings. The molecule has 1 aromatic carbocycles. The van der Waals surface area contributed by atoms with Crippen molar-refractivity contribution in [1.29, 1.82) is 0 Å². The number of para-hydroxylation sites is 1. The molecule has 0 radical (unpaired) electrons. The number of aromatic amines is 1. The first kappa shape index (κ1) is 24.4. The number of urea groups is 1. The number of fused-ring (bicyclic) bond motifs is 1. The van der Waals surface area contributed by atoms with Crippen LogP contribution in [-0.4, -0.2) is 48.4 Å². The van der Waals surface area contributed by atoms with Crippen LogP contribution in [0.5, 0.6) is 0 Å². The van der Waals surface area contributed by atoms with E-state index in [4.69, 9.17) is 5.73 Å². The number of nitrogens with two attached hydrogens (primary N) is 1. The van der Waals surface area contributed by atoms with Crippen LogP contribution in [0.15, 0.2) is 30.5 Å². The molecule has 3 atom stereocenters. The zero-order valence-corrected chi connectivity index (χ0v) is 18.7. The molecule has 0 saturated carbocycles. The fraction of sp³-hybridized carbons (Fsp3) is 0.522. The van der Waals surface area contributed by atoms with Crippen LogP contribution in [0.2, 0.25) is 0 Å². The van der Waals surface area contributed by atoms with Crippen LogP contribution in [0.4, 0.5) is 4.79 Å². The Kier molecular flexibility index (Phi) is 9.52. The third-order valence-corrected chi connectivity index (χ3v) is 5.60. The fourth-order valence-corrected chi connectivity index (χ4v) is 3.84. The Morgan fingerprint density at radius 1 is 1.13 bits per heavy atom. The Morgan fingerprint density at radius 3 is 2.55 bits per heavy atom. The largest absolute Gasteiger partial charge is 0.361 e. The van der Waals surface area contributed by atoms with Crippen molar-refractivity contribution in [1.82, 2.24) is 20.9 Å². The molecule has 0 aliphatic heterocycles. The zero-order valence-electron chi connectivity index (χ0n) is 18.7. The number of rotatable bonds is 13. The quantitative estimate of drug-likeness (QED) is 0.313. The number of aromatic nitrogens is 1. The van der Waals surface area contributed by atoms with Gasteiger partial charge in [0, 0.05) is 29.6 Å². The molecule has 3 amide bonds. The van der Waals surface area contributed by atoms with Gasteiger partial charge in [0.15, 0.2) is 5.78 Å². The molecule has 0 spiro atoms. The summed E-state index contributed by atoms with van der Waals surface area (Å²) in [7, 11) is 1.74. The number of hydrogen-bond donors (Lipinski definition) is 5. The lowest BCUT2D eigenvalue weighted by molar-refractivity contribution is -0.131. The van der Waals surface area contributed by atoms with Gasteiger partial charge in [0.05, 0.1) is 12.1 Å². The normalized spacial score (nSPS) is 14.0. The highest BCUT2D eigenvalue weighted by molar-refractivity contribution is 5.92. The molecule has 0 bridgehead atoms. The van der Waals surface area contributed by atoms with Gasteiger partial charge < -0.3 is 26.7 Å². The van der Waals surface area contributed by atoms with E-state index in [0.717, 1.165) is 29.3 Å². The highest BCUT2D eigenvalue weighted by atomic mass is 16.2. The van der Waals surface area contributed by atoms with Crippen molar-refractivity contribution >= 4 is 28.6 Å². The van der Waals surface area contributed by atoms with Crippen molar-refractivity contribution in [3.8, 4) is 0 Å². The predicted molar refractivity (Wildman–Crippen MR) is 123 cm³/mol. The zero-order chi connectivity index (χ0) is 22.8. The third-order valence-electron chi connectivity index (χ3n) is 5.60. The van der Waals surface area contributed by atoms with E-state index in [1.165, 1.54) is 0 Å². The van der Waals surface area contributed by atoms with Gasteiger partial charge in [-0.1, -0.05) is 38.5 Å². The van der Waals surface area contributed by atoms with Crippen molar-refractivity contribution in [2.24, 2.45) is 11.7 Å². The topological polar surface area (TPSA) is 129 Å². The maximum atomic E-state index is 13.0. The molecule has 1 aromatic heterocycles. The first-order valence-corrected chi connectivity index (χ1v) is 11.0. The number of Topliss-reactive ketones (excluding diaryl/α,β-unsaturated/α-hetero) is 1. The summed E-state index contributed by atoms with van der Waals surface area (Å²) in [6.07, 6.45) is 5.09. The minimum atomic E-state index is -0.597. The van der Waals surface area contributed by atoms with Gasteiger partial charge in [-0.2, -0.15) is 0 Å². The summed E-state index contributed by atoms with van der Waals surface area (Å²) >= 11 is 0. The number of benzene rings is 1. The molecule has 1 heterocycles. The molecule has 0 fully saturated rings. The Morgan fingerprint density at radius 2 is 1.87 bits per heavy atom. The van der Waals surface area contributed by atoms with Gasteiger partial charge in [-0.3, -0.25) is 9.59 Å². The van der Waals surface area contributed by atoms with Crippen LogP contribution in [0.1, 0.15) is 45.1 Å². The number of nitrogens with one attached hydrogen (secondary N) is 4. The molecule has 0 aliphatic carbocycles. The maximum absolute atomic E-state index is 13.0. The predicted octanol–water partition coefficient (Wildman–Crippen LogP) is 2.24. The van der Waals surface area contributed by atoms with Gasteiger partial charge in [0.1, 0.15) is 0 Å². The van der Waals surface area contributed by atoms with Crippen LogP contribution in [-0.2, 0) is 16.0 Å². The first-order chi connectivity index (χ1) is 14.9. The Bertz CT molecular complexity index is 879. The van der Waals surface area contributed by atoms with E-state index in [1.807, 2.05) is 44.3 Å². The number of H-pyrrole nitrogens is 1. The van der Waals surface area contributed by atoms with E-state index in [0.29, 0.717) is 25.8 Å². The summed E-state index contributed by atoms with van der Waals surface area (Å²) in [5.41, 5.74) is 7.17. The smallest absolute Gasteiger partial charge is 0.312 e. The second-order valence-electron chi connectivity index (χ2n) is 7.99. The van der Waals surface area contributed by atoms with Crippen LogP contribution in [0.3, 0.4) is 0 Å². The van der Waals surface area contributed by atoms with Crippen LogP contribution >= 0.6 is 0 Å². The molecule has 0 aliphatic rings. The Hall–Kier alpha value is -2.87. The Labute approximate surface area is 183 Å². The summed E-state index contributed by atoms with van der Waals surface area (Å²) in [5, 5.41) is 9.63. The summed E-state index contributed by atoms with van der Waals surface area (Å²) in [6, 6.07) is 6.29. The number of primary amides is 1. The standard InChI is InChI=1S/C23H35N5O3/c1-4-8-15(2)21(29)19(11-7-12-26-23(24)31)28-22(30)20(25-3)13-16-14-27-18-10-6-5-9-17(16)18/h5-6,9-10,14-15,19-20,25,27H,4,7-8,11-13H2,1-3H3,(H,28,30)(H3,24,26,31)/t15?,19-,20-/m1/s1. The van der Waals surface area contributed by atoms with Crippen molar-refractivity contribution in [3.63, 3.8) is 0 Å². The number of carbonyl (C=O) groups excluding carboxylic acids is 3. The van der Waals surface area contributed by atoms with Crippen LogP contribution < -0.4 is 21.7 Å². The second kappa shape index (κ2) is 12.1. The second-order valence-corrected chi connectivity index (χ2v) is 7.99. The molecule has 170 valence electrons. The molecular weight excluding hydrogens is 394 g/mol. The molecule has 1 unspecified atom stereocenters. The molecule has 2 rings (SSSR count). The van der Waals surface area contributed by atoms with E-state index in [1.54, 1.807) is 7.05 Å². The molecular formula is C23H35N5O3. The number of ketones is 1. The minimum Gasteiger partial charge on any atom is -0.361 e. The van der Waals surface area contributed by atoms with Crippen LogP contribution in [0.25, 0.3) is 10.9 Å². The van der Waals surface area contributed by atoms with E-state index < -0.39 is 18.1 Å². The van der Waals surface area contributed by atoms with E-state index in [-0.39, 0.29) is 17.6 Å². The highest BCUT2D eigenvalue weighted by Crippen LogP contribution is 2.19. The van der Waals surface area contributed by atoms with Gasteiger partial charge >= 0.3 is 6.03 Å². The molecule has 8 nitrogen and oxygen atoms in total. The summed E-state index contributed by atoms with van der Waals surface area (Å²) < 4.78 is 0. The lowest BCUT2D eigenvalue weighted by atomic mass is 9.92. The van der Waals surface area contributed by atoms with Gasteiger partial charge in [0.2, 0.25) is 5.91 Å². The fourth-order valence-electron chi connectivity index (χ4n) is 3.84. The summed E-state index contributed by atoms with van der Waals surface area (Å²) in [5.74, 6) is -0.324. The van der Waals surface area contributed by atoms with Crippen LogP contribution in [0, 0.1) is 5.92 Å². The molecule has 8 heteroatoms. The SMILES string of the molecule is CCCC(C)C(=O)[C@@H](CCCNC(N)=O)NC(=O)[C@@H](Cc1c[nH]c2ccccc12)NC. The maximum Gasteiger partial charge on any atom is 0.312 e. The average Bonchev–Trinajstić information content (AvgIpc) is 3.16. The number of hydrogen-bond acceptors (Lipinski definition) is 4. The van der Waals surface area contributed by atoms with Crippen molar-refractivity contribution in [2.75, 3.05) is 13.6 Å². The number of carbonyl (C=O) groups is 3. The highest BCUT2D eigenvalue weighted by Gasteiger charge is 2.27. The Balaban J connectivity index is 2.07. The molecule has 31 heavy (non-hydrogen) atoms. The van der Waals surface area contributed by atoms with Gasteiger partial charge in [0.25, 0.3) is 0 Å². The summed E-state index contributed by atoms with van der Waals surface area (Å²) in [6.45, 7) is 4.29. The van der Waals surface area contributed by atoms with Gasteiger partial charge in [-0.25, -0.2) is 4.79 Å². The summed E-state index contributed by atoms with van der Waals surface area (Å²) in [4.78, 5) is 40.1. The van der Waals surface area contributed by atoms with Gasteiger partial charge in [-0.15, -0.1) is 0 Å². The van der Waals surface area contributed by atoms with E-state index >= 15 is 0 Å². The van der Waals surface area contributed by atoms with Gasteiger partial charge in [-0.05, 0) is 44.4 Å².